The van der Waals surface area contributed by atoms with E-state index in [0.29, 0.717) is 6.54 Å². The van der Waals surface area contributed by atoms with Crippen LogP contribution in [-0.2, 0) is 13.1 Å². The molecule has 3 aromatic rings. The van der Waals surface area contributed by atoms with Gasteiger partial charge in [0.15, 0.2) is 11.3 Å². The minimum Gasteiger partial charge on any atom is -0.493 e. The van der Waals surface area contributed by atoms with E-state index in [1.165, 1.54) is 0 Å². The van der Waals surface area contributed by atoms with E-state index in [0.717, 1.165) is 34.8 Å². The zero-order valence-electron chi connectivity index (χ0n) is 13.0. The summed E-state index contributed by atoms with van der Waals surface area (Å²) < 4.78 is 13.3. The van der Waals surface area contributed by atoms with Crippen LogP contribution in [0.15, 0.2) is 35.0 Å². The van der Waals surface area contributed by atoms with Crippen LogP contribution < -0.4 is 10.1 Å². The standard InChI is InChI=1S/C16H20N4O2/c1-4-20-10-18-19-15(20)9-17-11(2)14-8-12-6-5-7-13(21-3)16(12)22-14/h5-8,10-11,17H,4,9H2,1-3H3/t11-/m1/s1. The van der Waals surface area contributed by atoms with Crippen molar-refractivity contribution in [3.8, 4) is 5.75 Å². The number of para-hydroxylation sites is 1. The number of hydrogen-bond acceptors (Lipinski definition) is 5. The topological polar surface area (TPSA) is 65.1 Å². The summed E-state index contributed by atoms with van der Waals surface area (Å²) in [5.41, 5.74) is 0.783. The van der Waals surface area contributed by atoms with Crippen molar-refractivity contribution in [1.82, 2.24) is 20.1 Å². The second-order valence-electron chi connectivity index (χ2n) is 5.16. The summed E-state index contributed by atoms with van der Waals surface area (Å²) in [6.45, 7) is 5.64. The number of benzene rings is 1. The smallest absolute Gasteiger partial charge is 0.176 e. The normalized spacial score (nSPS) is 12.7. The first-order valence-electron chi connectivity index (χ1n) is 7.39. The maximum Gasteiger partial charge on any atom is 0.176 e. The van der Waals surface area contributed by atoms with Gasteiger partial charge in [0.05, 0.1) is 19.7 Å². The first-order chi connectivity index (χ1) is 10.7. The van der Waals surface area contributed by atoms with Crippen molar-refractivity contribution in [3.05, 3.63) is 42.2 Å². The molecule has 6 heteroatoms. The zero-order valence-corrected chi connectivity index (χ0v) is 13.0. The first kappa shape index (κ1) is 14.6. The van der Waals surface area contributed by atoms with Crippen LogP contribution in [0.25, 0.3) is 11.0 Å². The number of nitrogens with zero attached hydrogens (tertiary/aromatic N) is 3. The number of aromatic nitrogens is 3. The highest BCUT2D eigenvalue weighted by Gasteiger charge is 2.14. The molecule has 6 nitrogen and oxygen atoms in total. The van der Waals surface area contributed by atoms with Crippen LogP contribution in [0.1, 0.15) is 31.5 Å². The third-order valence-corrected chi connectivity index (χ3v) is 3.78. The lowest BCUT2D eigenvalue weighted by atomic mass is 10.2. The predicted octanol–water partition coefficient (Wildman–Crippen LogP) is 2.90. The van der Waals surface area contributed by atoms with Gasteiger partial charge in [0, 0.05) is 11.9 Å². The monoisotopic (exact) mass is 300 g/mol. The fraction of sp³-hybridized carbons (Fsp3) is 0.375. The van der Waals surface area contributed by atoms with E-state index in [4.69, 9.17) is 9.15 Å². The number of furan rings is 1. The summed E-state index contributed by atoms with van der Waals surface area (Å²) in [5.74, 6) is 2.55. The van der Waals surface area contributed by atoms with E-state index < -0.39 is 0 Å². The van der Waals surface area contributed by atoms with Crippen LogP contribution in [0.5, 0.6) is 5.75 Å². The Kier molecular flexibility index (Phi) is 4.11. The fourth-order valence-electron chi connectivity index (χ4n) is 2.46. The van der Waals surface area contributed by atoms with Gasteiger partial charge in [-0.25, -0.2) is 0 Å². The van der Waals surface area contributed by atoms with Crippen molar-refractivity contribution in [2.45, 2.75) is 33.0 Å². The lowest BCUT2D eigenvalue weighted by molar-refractivity contribution is 0.398. The lowest BCUT2D eigenvalue weighted by Crippen LogP contribution is -2.20. The molecule has 0 aliphatic rings. The van der Waals surface area contributed by atoms with E-state index in [1.807, 2.05) is 28.8 Å². The fourth-order valence-corrected chi connectivity index (χ4v) is 2.46. The van der Waals surface area contributed by atoms with E-state index >= 15 is 0 Å². The molecule has 0 saturated carbocycles. The van der Waals surface area contributed by atoms with Crippen LogP contribution >= 0.6 is 0 Å². The number of methoxy groups -OCH3 is 1. The SMILES string of the molecule is CCn1cnnc1CN[C@H](C)c1cc2cccc(OC)c2o1. The summed E-state index contributed by atoms with van der Waals surface area (Å²) >= 11 is 0. The van der Waals surface area contributed by atoms with Gasteiger partial charge in [-0.05, 0) is 26.0 Å². The molecule has 1 N–H and O–H groups in total. The molecule has 116 valence electrons. The largest absolute Gasteiger partial charge is 0.493 e. The number of rotatable bonds is 6. The molecule has 1 aromatic carbocycles. The molecule has 0 radical (unpaired) electrons. The molecule has 2 aromatic heterocycles. The average molecular weight is 300 g/mol. The second kappa shape index (κ2) is 6.19. The Morgan fingerprint density at radius 3 is 3.05 bits per heavy atom. The molecular formula is C16H20N4O2. The van der Waals surface area contributed by atoms with Crippen molar-refractivity contribution < 1.29 is 9.15 Å². The van der Waals surface area contributed by atoms with E-state index in [2.05, 4.69) is 29.4 Å². The van der Waals surface area contributed by atoms with E-state index in [9.17, 15) is 0 Å². The molecular weight excluding hydrogens is 280 g/mol. The molecule has 0 amide bonds. The summed E-state index contributed by atoms with van der Waals surface area (Å²) in [5, 5.41) is 12.5. The molecule has 0 fully saturated rings. The molecule has 22 heavy (non-hydrogen) atoms. The second-order valence-corrected chi connectivity index (χ2v) is 5.16. The molecule has 0 saturated heterocycles. The average Bonchev–Trinajstić information content (AvgIpc) is 3.17. The van der Waals surface area contributed by atoms with E-state index in [-0.39, 0.29) is 6.04 Å². The molecule has 0 aliphatic carbocycles. The Bertz CT molecular complexity index is 762. The number of aryl methyl sites for hydroxylation is 1. The minimum absolute atomic E-state index is 0.0686. The summed E-state index contributed by atoms with van der Waals surface area (Å²) in [6, 6.07) is 7.99. The molecule has 0 aliphatic heterocycles. The highest BCUT2D eigenvalue weighted by molar-refractivity contribution is 5.83. The van der Waals surface area contributed by atoms with Crippen molar-refractivity contribution in [2.24, 2.45) is 0 Å². The van der Waals surface area contributed by atoms with Crippen molar-refractivity contribution in [1.29, 1.82) is 0 Å². The highest BCUT2D eigenvalue weighted by atomic mass is 16.5. The van der Waals surface area contributed by atoms with Crippen LogP contribution in [0.2, 0.25) is 0 Å². The number of ether oxygens (including phenoxy) is 1. The highest BCUT2D eigenvalue weighted by Crippen LogP contribution is 2.30. The molecule has 0 bridgehead atoms. The van der Waals surface area contributed by atoms with Gasteiger partial charge in [-0.3, -0.25) is 0 Å². The molecule has 3 rings (SSSR count). The number of hydrogen-bond donors (Lipinski definition) is 1. The Balaban J connectivity index is 1.76. The van der Waals surface area contributed by atoms with Crippen LogP contribution in [0.4, 0.5) is 0 Å². The van der Waals surface area contributed by atoms with Crippen LogP contribution in [0.3, 0.4) is 0 Å². The van der Waals surface area contributed by atoms with Gasteiger partial charge in [0.2, 0.25) is 0 Å². The van der Waals surface area contributed by atoms with Crippen LogP contribution in [-0.4, -0.2) is 21.9 Å². The summed E-state index contributed by atoms with van der Waals surface area (Å²) in [6.07, 6.45) is 1.74. The summed E-state index contributed by atoms with van der Waals surface area (Å²) in [7, 11) is 1.65. The Hall–Kier alpha value is -2.34. The van der Waals surface area contributed by atoms with Gasteiger partial charge in [0.1, 0.15) is 17.9 Å². The van der Waals surface area contributed by atoms with Gasteiger partial charge in [-0.2, -0.15) is 0 Å². The maximum atomic E-state index is 5.95. The third-order valence-electron chi connectivity index (χ3n) is 3.78. The molecule has 0 unspecified atom stereocenters. The van der Waals surface area contributed by atoms with E-state index in [1.54, 1.807) is 13.4 Å². The first-order valence-corrected chi connectivity index (χ1v) is 7.39. The van der Waals surface area contributed by atoms with Gasteiger partial charge in [-0.15, -0.1) is 10.2 Å². The predicted molar refractivity (Wildman–Crippen MR) is 83.7 cm³/mol. The van der Waals surface area contributed by atoms with Gasteiger partial charge in [-0.1, -0.05) is 12.1 Å². The van der Waals surface area contributed by atoms with Crippen LogP contribution in [0, 0.1) is 0 Å². The van der Waals surface area contributed by atoms with Crippen molar-refractivity contribution in [3.63, 3.8) is 0 Å². The Morgan fingerprint density at radius 1 is 1.41 bits per heavy atom. The Labute approximate surface area is 129 Å². The van der Waals surface area contributed by atoms with Gasteiger partial charge in [0.25, 0.3) is 0 Å². The van der Waals surface area contributed by atoms with Gasteiger partial charge >= 0.3 is 0 Å². The van der Waals surface area contributed by atoms with Crippen molar-refractivity contribution in [2.75, 3.05) is 7.11 Å². The Morgan fingerprint density at radius 2 is 2.27 bits per heavy atom. The molecule has 0 spiro atoms. The van der Waals surface area contributed by atoms with Crippen molar-refractivity contribution >= 4 is 11.0 Å². The number of fused-ring (bicyclic) bond motifs is 1. The van der Waals surface area contributed by atoms with Gasteiger partial charge < -0.3 is 19.0 Å². The summed E-state index contributed by atoms with van der Waals surface area (Å²) in [4.78, 5) is 0. The minimum atomic E-state index is 0.0686. The number of nitrogens with one attached hydrogen (secondary N) is 1. The quantitative estimate of drug-likeness (QED) is 0.758. The molecule has 2 heterocycles. The molecule has 1 atom stereocenters. The lowest BCUT2D eigenvalue weighted by Gasteiger charge is -2.11. The zero-order chi connectivity index (χ0) is 15.5. The third kappa shape index (κ3) is 2.69. The maximum absolute atomic E-state index is 5.95.